The van der Waals surface area contributed by atoms with Gasteiger partial charge in [-0.15, -0.1) is 0 Å². The summed E-state index contributed by atoms with van der Waals surface area (Å²) in [6.45, 7) is 33.8. The van der Waals surface area contributed by atoms with E-state index >= 15 is 0 Å². The van der Waals surface area contributed by atoms with Crippen molar-refractivity contribution in [1.82, 2.24) is 30.7 Å². The van der Waals surface area contributed by atoms with E-state index < -0.39 is 0 Å². The molecular formula is C114H212N6O13. The van der Waals surface area contributed by atoms with Crippen LogP contribution in [0.15, 0.2) is 18.2 Å². The van der Waals surface area contributed by atoms with Gasteiger partial charge in [0.25, 0.3) is 17.7 Å². The molecule has 3 amide bonds. The number of ether oxygens (including phenoxy) is 5. The number of esters is 5. The van der Waals surface area contributed by atoms with Gasteiger partial charge in [-0.2, -0.15) is 0 Å². The molecule has 0 spiro atoms. The van der Waals surface area contributed by atoms with Crippen LogP contribution in [0, 0.1) is 0 Å². The standard InChI is InChI=1S/C114H212N6O13/c1-12-23-29-30-38-49-60-87-118(89-62-51-40-34-45-56-80-108(122)130-103(70-19-8)75-25-14-3)93-66-84-115-112(126)99-96-100(113(127)116-85-67-94-119(90-63-52-41-35-46-57-81-109(123)131-104(71-20-9)76-26-15-4)88-61-50-39-32-31-33-44-55-79-107(121)129-102(69-18-7)74-24-13-2)98-101(97-99)114(128)117-86-68-95-120(91-64-53-42-36-47-58-82-110(124)132-105(72-21-10)77-27-16-5)92-65-54-43-37-48-59-83-111(125)133-106(73-22-11)78-28-17-6/h96-98,102-106H,12-95H2,1-11H3,(H,115,126)(H,116,127)(H,117,128). The van der Waals surface area contributed by atoms with Gasteiger partial charge in [-0.25, -0.2) is 0 Å². The van der Waals surface area contributed by atoms with Gasteiger partial charge in [-0.3, -0.25) is 38.4 Å². The molecule has 19 nitrogen and oxygen atoms in total. The second-order valence-electron chi connectivity index (χ2n) is 39.6. The topological polar surface area (TPSA) is 229 Å². The molecule has 0 heterocycles. The highest BCUT2D eigenvalue weighted by molar-refractivity contribution is 6.04. The zero-order chi connectivity index (χ0) is 97.1. The third-order valence-electron chi connectivity index (χ3n) is 26.6. The second-order valence-corrected chi connectivity index (χ2v) is 39.6. The Morgan fingerprint density at radius 3 is 0.526 bits per heavy atom. The lowest BCUT2D eigenvalue weighted by atomic mass is 10.0. The predicted molar refractivity (Wildman–Crippen MR) is 557 cm³/mol. The molecule has 133 heavy (non-hydrogen) atoms. The number of benzene rings is 1. The smallest absolute Gasteiger partial charge is 0.306 e. The van der Waals surface area contributed by atoms with Crippen LogP contribution in [0.4, 0.5) is 0 Å². The normalized spacial score (nSPS) is 12.7. The number of carbonyl (C=O) groups is 8. The second kappa shape index (κ2) is 93.2. The fourth-order valence-corrected chi connectivity index (χ4v) is 18.4. The van der Waals surface area contributed by atoms with E-state index in [-0.39, 0.29) is 94.8 Å². The average molecular weight is 1870 g/mol. The molecule has 0 aliphatic rings. The summed E-state index contributed by atoms with van der Waals surface area (Å²) in [7, 11) is 0. The van der Waals surface area contributed by atoms with Crippen LogP contribution in [0.25, 0.3) is 0 Å². The van der Waals surface area contributed by atoms with Crippen molar-refractivity contribution >= 4 is 47.6 Å². The number of hydrogen-bond donors (Lipinski definition) is 3. The van der Waals surface area contributed by atoms with Crippen LogP contribution in [0.5, 0.6) is 0 Å². The number of hydrogen-bond acceptors (Lipinski definition) is 16. The first-order valence-electron chi connectivity index (χ1n) is 57.1. The quantitative estimate of drug-likeness (QED) is 0.0313. The van der Waals surface area contributed by atoms with Crippen molar-refractivity contribution in [3.63, 3.8) is 0 Å². The van der Waals surface area contributed by atoms with Gasteiger partial charge in [0.15, 0.2) is 0 Å². The van der Waals surface area contributed by atoms with Gasteiger partial charge in [-0.05, 0) is 231 Å². The van der Waals surface area contributed by atoms with Gasteiger partial charge >= 0.3 is 29.8 Å². The molecule has 0 saturated carbocycles. The van der Waals surface area contributed by atoms with Crippen molar-refractivity contribution in [1.29, 1.82) is 0 Å². The zero-order valence-electron chi connectivity index (χ0n) is 88.7. The Morgan fingerprint density at radius 1 is 0.195 bits per heavy atom. The number of nitrogens with zero attached hydrogens (tertiary/aromatic N) is 3. The molecule has 19 heteroatoms. The van der Waals surface area contributed by atoms with E-state index in [1.165, 1.54) is 57.8 Å². The van der Waals surface area contributed by atoms with Crippen LogP contribution in [-0.2, 0) is 47.7 Å². The molecular weight excluding hydrogens is 1660 g/mol. The van der Waals surface area contributed by atoms with Crippen molar-refractivity contribution in [2.24, 2.45) is 0 Å². The Labute approximate surface area is 818 Å². The van der Waals surface area contributed by atoms with E-state index in [4.69, 9.17) is 23.7 Å². The highest BCUT2D eigenvalue weighted by Gasteiger charge is 2.23. The van der Waals surface area contributed by atoms with Crippen LogP contribution < -0.4 is 16.0 Å². The molecule has 0 radical (unpaired) electrons. The number of carbonyl (C=O) groups excluding carboxylic acids is 8. The van der Waals surface area contributed by atoms with Crippen LogP contribution >= 0.6 is 0 Å². The summed E-state index contributed by atoms with van der Waals surface area (Å²) < 4.78 is 29.4. The average Bonchev–Trinajstić information content (AvgIpc) is 0.824. The zero-order valence-corrected chi connectivity index (χ0v) is 88.7. The lowest BCUT2D eigenvalue weighted by Gasteiger charge is -2.23. The monoisotopic (exact) mass is 1870 g/mol. The summed E-state index contributed by atoms with van der Waals surface area (Å²) in [5, 5.41) is 9.64. The van der Waals surface area contributed by atoms with Gasteiger partial charge in [-0.1, -0.05) is 352 Å². The van der Waals surface area contributed by atoms with E-state index in [2.05, 4.69) is 107 Å². The van der Waals surface area contributed by atoms with Gasteiger partial charge in [0.05, 0.1) is 0 Å². The predicted octanol–water partition coefficient (Wildman–Crippen LogP) is 29.6. The van der Waals surface area contributed by atoms with Crippen LogP contribution in [0.1, 0.15) is 570 Å². The van der Waals surface area contributed by atoms with Crippen molar-refractivity contribution in [3.8, 4) is 0 Å². The number of rotatable bonds is 100. The summed E-state index contributed by atoms with van der Waals surface area (Å²) in [5.41, 5.74) is 0.862. The third-order valence-corrected chi connectivity index (χ3v) is 26.6. The molecule has 0 saturated heterocycles. The maximum atomic E-state index is 14.6. The Hall–Kier alpha value is -5.14. The molecule has 0 aromatic heterocycles. The summed E-state index contributed by atoms with van der Waals surface area (Å²) in [4.78, 5) is 115. The molecule has 776 valence electrons. The molecule has 1 rings (SSSR count). The Balaban J connectivity index is 3.43. The third kappa shape index (κ3) is 76.4. The molecule has 0 aliphatic carbocycles. The summed E-state index contributed by atoms with van der Waals surface area (Å²) >= 11 is 0. The fourth-order valence-electron chi connectivity index (χ4n) is 18.4. The van der Waals surface area contributed by atoms with E-state index in [1.807, 2.05) is 0 Å². The Kier molecular flexibility index (Phi) is 88.2. The highest BCUT2D eigenvalue weighted by Crippen LogP contribution is 2.24. The van der Waals surface area contributed by atoms with Crippen LogP contribution in [-0.4, -0.2) is 171 Å². The van der Waals surface area contributed by atoms with E-state index in [1.54, 1.807) is 18.2 Å². The number of unbranched alkanes of at least 4 members (excludes halogenated alkanes) is 38. The largest absolute Gasteiger partial charge is 0.462 e. The van der Waals surface area contributed by atoms with Crippen molar-refractivity contribution in [3.05, 3.63) is 34.9 Å². The molecule has 3 N–H and O–H groups in total. The Morgan fingerprint density at radius 2 is 0.353 bits per heavy atom. The first kappa shape index (κ1) is 126. The SMILES string of the molecule is CCCCCCCCCN(CCCCCCCCC(=O)OC(CCC)CCCC)CCCNC(=O)c1cc(C(=O)NCCCN(CCCCCCCCCCC(=O)OC(CCC)CCCC)CCCCCCCCC(=O)OC(CCC)CCCC)cc(C(=O)NCCCN(CCCCCCCCC(=O)OC(CCC)CCCC)CCCCCCCCC(=O)OC(CCC)CCCC)c1. The fraction of sp³-hybridized carbons (Fsp3) is 0.877. The Bertz CT molecular complexity index is 2850. The van der Waals surface area contributed by atoms with Crippen molar-refractivity contribution < 1.29 is 62.0 Å². The van der Waals surface area contributed by atoms with Gasteiger partial charge in [0.1, 0.15) is 30.5 Å². The van der Waals surface area contributed by atoms with E-state index in [9.17, 15) is 38.4 Å². The van der Waals surface area contributed by atoms with Crippen LogP contribution in [0.3, 0.4) is 0 Å². The summed E-state index contributed by atoms with van der Waals surface area (Å²) in [6.07, 6.45) is 73.4. The van der Waals surface area contributed by atoms with Gasteiger partial charge < -0.3 is 54.3 Å². The minimum atomic E-state index is -0.313. The first-order valence-corrected chi connectivity index (χ1v) is 57.1. The van der Waals surface area contributed by atoms with Crippen LogP contribution in [0.2, 0.25) is 0 Å². The summed E-state index contributed by atoms with van der Waals surface area (Å²) in [5.74, 6) is -1.16. The van der Waals surface area contributed by atoms with E-state index in [0.29, 0.717) is 51.7 Å². The molecule has 1 aromatic carbocycles. The molecule has 5 unspecified atom stereocenters. The van der Waals surface area contributed by atoms with E-state index in [0.717, 1.165) is 431 Å². The molecule has 0 bridgehead atoms. The van der Waals surface area contributed by atoms with Gasteiger partial charge in [0.2, 0.25) is 0 Å². The number of amides is 3. The van der Waals surface area contributed by atoms with Crippen molar-refractivity contribution in [2.75, 3.05) is 78.5 Å². The minimum absolute atomic E-state index is 0.0374. The minimum Gasteiger partial charge on any atom is -0.462 e. The molecule has 0 fully saturated rings. The highest BCUT2D eigenvalue weighted by atomic mass is 16.6. The first-order chi connectivity index (χ1) is 65.0. The van der Waals surface area contributed by atoms with Crippen molar-refractivity contribution in [2.45, 2.75) is 569 Å². The molecule has 1 aromatic rings. The lowest BCUT2D eigenvalue weighted by molar-refractivity contribution is -0.151. The summed E-state index contributed by atoms with van der Waals surface area (Å²) in [6, 6.07) is 4.96. The molecule has 0 aliphatic heterocycles. The lowest BCUT2D eigenvalue weighted by Crippen LogP contribution is -2.33. The maximum Gasteiger partial charge on any atom is 0.306 e. The number of nitrogens with one attached hydrogen (secondary N) is 3. The van der Waals surface area contributed by atoms with Gasteiger partial charge in [0, 0.05) is 68.4 Å². The molecule has 5 atom stereocenters. The maximum absolute atomic E-state index is 14.6.